The minimum absolute atomic E-state index is 0.212. The average Bonchev–Trinajstić information content (AvgIpc) is 2.81. The predicted molar refractivity (Wildman–Crippen MR) is 70.6 cm³/mol. The van der Waals surface area contributed by atoms with E-state index in [1.54, 1.807) is 24.5 Å². The first-order valence-corrected chi connectivity index (χ1v) is 5.90. The van der Waals surface area contributed by atoms with Crippen LogP contribution in [0.25, 0.3) is 0 Å². The van der Waals surface area contributed by atoms with Crippen molar-refractivity contribution in [2.24, 2.45) is 0 Å². The van der Waals surface area contributed by atoms with Gasteiger partial charge in [-0.2, -0.15) is 0 Å². The zero-order valence-corrected chi connectivity index (χ0v) is 10.4. The molecule has 2 rings (SSSR count). The van der Waals surface area contributed by atoms with Gasteiger partial charge in [0, 0.05) is 23.7 Å². The Kier molecular flexibility index (Phi) is 3.89. The normalized spacial score (nSPS) is 10.3. The van der Waals surface area contributed by atoms with E-state index in [-0.39, 0.29) is 5.91 Å². The number of carbonyl (C=O) groups excluding carboxylic acids is 1. The molecule has 2 aromatic rings. The molecule has 0 aliphatic carbocycles. The summed E-state index contributed by atoms with van der Waals surface area (Å²) >= 11 is 5.77. The highest BCUT2D eigenvalue weighted by Crippen LogP contribution is 2.17. The van der Waals surface area contributed by atoms with Crippen LogP contribution in [-0.2, 0) is 6.42 Å². The molecular weight excluding hydrogens is 252 g/mol. The zero-order valence-electron chi connectivity index (χ0n) is 9.65. The van der Waals surface area contributed by atoms with Crippen LogP contribution in [0.2, 0.25) is 5.02 Å². The van der Waals surface area contributed by atoms with Crippen LogP contribution in [0.1, 0.15) is 16.1 Å². The topological polar surface area (TPSA) is 68.3 Å². The molecule has 3 N–H and O–H groups in total. The van der Waals surface area contributed by atoms with E-state index in [0.29, 0.717) is 29.2 Å². The lowest BCUT2D eigenvalue weighted by Crippen LogP contribution is -2.26. The Morgan fingerprint density at radius 1 is 1.39 bits per heavy atom. The molecule has 0 unspecified atom stereocenters. The molecule has 1 amide bonds. The molecule has 5 heteroatoms. The summed E-state index contributed by atoms with van der Waals surface area (Å²) in [4.78, 5) is 11.8. The second-order valence-electron chi connectivity index (χ2n) is 3.82. The summed E-state index contributed by atoms with van der Waals surface area (Å²) in [5, 5.41) is 3.29. The average molecular weight is 265 g/mol. The highest BCUT2D eigenvalue weighted by atomic mass is 35.5. The minimum Gasteiger partial charge on any atom is -0.469 e. The zero-order chi connectivity index (χ0) is 13.0. The molecule has 0 aliphatic heterocycles. The lowest BCUT2D eigenvalue weighted by atomic mass is 10.1. The fraction of sp³-hybridized carbons (Fsp3) is 0.154. The van der Waals surface area contributed by atoms with Crippen molar-refractivity contribution < 1.29 is 9.21 Å². The number of hydrogen-bond acceptors (Lipinski definition) is 3. The van der Waals surface area contributed by atoms with Crippen LogP contribution in [0, 0.1) is 0 Å². The van der Waals surface area contributed by atoms with E-state index in [1.807, 2.05) is 12.1 Å². The predicted octanol–water partition coefficient (Wildman–Crippen LogP) is 2.49. The van der Waals surface area contributed by atoms with Gasteiger partial charge < -0.3 is 15.5 Å². The van der Waals surface area contributed by atoms with E-state index < -0.39 is 0 Å². The Bertz CT molecular complexity index is 538. The first-order chi connectivity index (χ1) is 8.66. The number of anilines is 1. The van der Waals surface area contributed by atoms with Crippen LogP contribution >= 0.6 is 11.6 Å². The summed E-state index contributed by atoms with van der Waals surface area (Å²) in [6, 6.07) is 8.49. The summed E-state index contributed by atoms with van der Waals surface area (Å²) in [6.45, 7) is 0.494. The molecule has 1 heterocycles. The number of nitrogen functional groups attached to an aromatic ring is 1. The third kappa shape index (κ3) is 3.05. The molecule has 1 aromatic heterocycles. The van der Waals surface area contributed by atoms with Crippen molar-refractivity contribution in [3.63, 3.8) is 0 Å². The van der Waals surface area contributed by atoms with E-state index in [4.69, 9.17) is 21.8 Å². The largest absolute Gasteiger partial charge is 0.469 e. The molecule has 0 saturated carbocycles. The number of amides is 1. The monoisotopic (exact) mass is 264 g/mol. The third-order valence-corrected chi connectivity index (χ3v) is 2.73. The van der Waals surface area contributed by atoms with E-state index in [1.165, 1.54) is 0 Å². The molecule has 0 atom stereocenters. The first kappa shape index (κ1) is 12.5. The molecule has 0 spiro atoms. The maximum absolute atomic E-state index is 11.8. The third-order valence-electron chi connectivity index (χ3n) is 2.50. The summed E-state index contributed by atoms with van der Waals surface area (Å²) < 4.78 is 5.17. The van der Waals surface area contributed by atoms with Crippen LogP contribution in [0.15, 0.2) is 41.0 Å². The van der Waals surface area contributed by atoms with Crippen LogP contribution in [-0.4, -0.2) is 12.5 Å². The number of benzene rings is 1. The van der Waals surface area contributed by atoms with Crippen molar-refractivity contribution in [2.75, 3.05) is 12.3 Å². The van der Waals surface area contributed by atoms with E-state index >= 15 is 0 Å². The molecule has 1 aromatic carbocycles. The summed E-state index contributed by atoms with van der Waals surface area (Å²) in [6.07, 6.45) is 2.25. The molecule has 4 nitrogen and oxygen atoms in total. The van der Waals surface area contributed by atoms with Crippen LogP contribution < -0.4 is 11.1 Å². The summed E-state index contributed by atoms with van der Waals surface area (Å²) in [7, 11) is 0. The molecular formula is C13H13ClN2O2. The molecule has 0 radical (unpaired) electrons. The van der Waals surface area contributed by atoms with Crippen molar-refractivity contribution >= 4 is 23.2 Å². The van der Waals surface area contributed by atoms with Gasteiger partial charge in [0.15, 0.2) is 0 Å². The van der Waals surface area contributed by atoms with Crippen molar-refractivity contribution in [1.82, 2.24) is 5.32 Å². The number of nitrogens with two attached hydrogens (primary N) is 1. The van der Waals surface area contributed by atoms with E-state index in [0.717, 1.165) is 5.76 Å². The van der Waals surface area contributed by atoms with Crippen LogP contribution in [0.5, 0.6) is 0 Å². The lowest BCUT2D eigenvalue weighted by Gasteiger charge is -2.07. The van der Waals surface area contributed by atoms with Crippen LogP contribution in [0.4, 0.5) is 5.69 Å². The molecule has 0 saturated heterocycles. The van der Waals surface area contributed by atoms with Gasteiger partial charge in [-0.3, -0.25) is 4.79 Å². The number of hydrogen-bond donors (Lipinski definition) is 2. The van der Waals surface area contributed by atoms with Gasteiger partial charge in [0.1, 0.15) is 5.76 Å². The lowest BCUT2D eigenvalue weighted by molar-refractivity contribution is 0.0954. The Labute approximate surface area is 110 Å². The van der Waals surface area contributed by atoms with Crippen molar-refractivity contribution in [1.29, 1.82) is 0 Å². The van der Waals surface area contributed by atoms with Crippen molar-refractivity contribution in [3.05, 3.63) is 52.9 Å². The second-order valence-corrected chi connectivity index (χ2v) is 4.25. The quantitative estimate of drug-likeness (QED) is 0.834. The number of furan rings is 1. The van der Waals surface area contributed by atoms with Gasteiger partial charge in [-0.05, 0) is 30.3 Å². The molecule has 94 valence electrons. The fourth-order valence-electron chi connectivity index (χ4n) is 1.59. The number of rotatable bonds is 4. The van der Waals surface area contributed by atoms with Gasteiger partial charge in [0.05, 0.1) is 11.8 Å². The number of halogens is 1. The fourth-order valence-corrected chi connectivity index (χ4v) is 1.77. The first-order valence-electron chi connectivity index (χ1n) is 5.52. The Morgan fingerprint density at radius 2 is 2.22 bits per heavy atom. The van der Waals surface area contributed by atoms with Gasteiger partial charge in [0.25, 0.3) is 5.91 Å². The van der Waals surface area contributed by atoms with E-state index in [9.17, 15) is 4.79 Å². The molecule has 0 aliphatic rings. The van der Waals surface area contributed by atoms with Gasteiger partial charge in [-0.1, -0.05) is 11.6 Å². The van der Waals surface area contributed by atoms with Crippen molar-refractivity contribution in [2.45, 2.75) is 6.42 Å². The van der Waals surface area contributed by atoms with Crippen molar-refractivity contribution in [3.8, 4) is 0 Å². The summed E-state index contributed by atoms with van der Waals surface area (Å²) in [5.41, 5.74) is 6.53. The highest BCUT2D eigenvalue weighted by Gasteiger charge is 2.09. The Morgan fingerprint density at radius 3 is 2.89 bits per heavy atom. The molecule has 0 bridgehead atoms. The minimum atomic E-state index is -0.212. The SMILES string of the molecule is Nc1cc(Cl)ccc1C(=O)NCCc1ccco1. The van der Waals surface area contributed by atoms with Gasteiger partial charge in [-0.25, -0.2) is 0 Å². The van der Waals surface area contributed by atoms with E-state index in [2.05, 4.69) is 5.32 Å². The van der Waals surface area contributed by atoms with Gasteiger partial charge in [0.2, 0.25) is 0 Å². The van der Waals surface area contributed by atoms with Gasteiger partial charge in [-0.15, -0.1) is 0 Å². The maximum Gasteiger partial charge on any atom is 0.253 e. The maximum atomic E-state index is 11.8. The smallest absolute Gasteiger partial charge is 0.253 e. The number of nitrogens with one attached hydrogen (secondary N) is 1. The standard InChI is InChI=1S/C13H13ClN2O2/c14-9-3-4-11(12(15)8-9)13(17)16-6-5-10-2-1-7-18-10/h1-4,7-8H,5-6,15H2,(H,16,17). The Hall–Kier alpha value is -1.94. The van der Waals surface area contributed by atoms with Gasteiger partial charge >= 0.3 is 0 Å². The molecule has 0 fully saturated rings. The Balaban J connectivity index is 1.91. The second kappa shape index (κ2) is 5.60. The summed E-state index contributed by atoms with van der Waals surface area (Å²) in [5.74, 6) is 0.620. The number of carbonyl (C=O) groups is 1. The highest BCUT2D eigenvalue weighted by molar-refractivity contribution is 6.31. The molecule has 18 heavy (non-hydrogen) atoms. The van der Waals surface area contributed by atoms with Crippen LogP contribution in [0.3, 0.4) is 0 Å².